The average molecular weight is 402 g/mol. The van der Waals surface area contributed by atoms with E-state index in [2.05, 4.69) is 64.2 Å². The van der Waals surface area contributed by atoms with Gasteiger partial charge in [0, 0.05) is 18.6 Å². The number of thiophene rings is 1. The van der Waals surface area contributed by atoms with Crippen molar-refractivity contribution in [2.45, 2.75) is 44.2 Å². The van der Waals surface area contributed by atoms with Gasteiger partial charge in [-0.1, -0.05) is 48.0 Å². The maximum atomic E-state index is 9.74. The average Bonchev–Trinajstić information content (AvgIpc) is 3.35. The molecule has 0 spiro atoms. The normalized spacial score (nSPS) is 21.4. The predicted molar refractivity (Wildman–Crippen MR) is 121 cm³/mol. The highest BCUT2D eigenvalue weighted by Crippen LogP contribution is 2.43. The lowest BCUT2D eigenvalue weighted by Gasteiger charge is -2.37. The van der Waals surface area contributed by atoms with Crippen LogP contribution in [0.1, 0.15) is 42.4 Å². The van der Waals surface area contributed by atoms with E-state index in [1.54, 1.807) is 16.9 Å². The summed E-state index contributed by atoms with van der Waals surface area (Å²) in [4.78, 5) is 2.78. The molecule has 2 fully saturated rings. The van der Waals surface area contributed by atoms with Crippen molar-refractivity contribution >= 4 is 16.9 Å². The second-order valence-corrected chi connectivity index (χ2v) is 9.08. The highest BCUT2D eigenvalue weighted by atomic mass is 32.1. The van der Waals surface area contributed by atoms with Crippen LogP contribution in [-0.2, 0) is 6.42 Å². The first-order valence-corrected chi connectivity index (χ1v) is 11.6. The van der Waals surface area contributed by atoms with Crippen molar-refractivity contribution in [1.29, 1.82) is 0 Å². The maximum absolute atomic E-state index is 9.74. The number of benzene rings is 2. The smallest absolute Gasteiger partial charge is 0.115 e. The van der Waals surface area contributed by atoms with Crippen molar-refractivity contribution in [3.8, 4) is 5.75 Å². The molecule has 2 unspecified atom stereocenters. The third-order valence-electron chi connectivity index (χ3n) is 6.56. The molecule has 2 bridgehead atoms. The van der Waals surface area contributed by atoms with Crippen LogP contribution in [-0.4, -0.2) is 28.6 Å². The number of hydrogen-bond acceptors (Lipinski definition) is 3. The third-order valence-corrected chi connectivity index (χ3v) is 7.24. The number of nitrogens with zero attached hydrogens (tertiary/aromatic N) is 1. The molecule has 5 rings (SSSR count). The molecule has 0 amide bonds. The van der Waals surface area contributed by atoms with E-state index in [-0.39, 0.29) is 0 Å². The summed E-state index contributed by atoms with van der Waals surface area (Å²) in [6.45, 7) is 1.17. The fraction of sp³-hybridized carbons (Fsp3) is 0.308. The molecule has 0 saturated carbocycles. The van der Waals surface area contributed by atoms with Crippen LogP contribution < -0.4 is 0 Å². The van der Waals surface area contributed by atoms with Crippen LogP contribution in [0.25, 0.3) is 5.57 Å². The van der Waals surface area contributed by atoms with Crippen molar-refractivity contribution in [3.05, 3.63) is 93.7 Å². The largest absolute Gasteiger partial charge is 0.508 e. The first kappa shape index (κ1) is 18.7. The monoisotopic (exact) mass is 401 g/mol. The predicted octanol–water partition coefficient (Wildman–Crippen LogP) is 6.13. The van der Waals surface area contributed by atoms with E-state index in [1.165, 1.54) is 41.6 Å². The molecule has 1 N–H and O–H groups in total. The minimum atomic E-state index is 0.333. The molecule has 2 aliphatic rings. The van der Waals surface area contributed by atoms with Gasteiger partial charge in [-0.3, -0.25) is 4.90 Å². The Hall–Kier alpha value is -2.36. The second kappa shape index (κ2) is 8.17. The van der Waals surface area contributed by atoms with E-state index in [1.807, 2.05) is 12.1 Å². The molecular weight excluding hydrogens is 374 g/mol. The Bertz CT molecular complexity index is 959. The zero-order chi connectivity index (χ0) is 19.6. The van der Waals surface area contributed by atoms with E-state index in [0.717, 1.165) is 19.3 Å². The Balaban J connectivity index is 1.41. The lowest BCUT2D eigenvalue weighted by atomic mass is 9.86. The van der Waals surface area contributed by atoms with Crippen molar-refractivity contribution < 1.29 is 5.11 Å². The number of rotatable bonds is 5. The van der Waals surface area contributed by atoms with Gasteiger partial charge in [0.15, 0.2) is 0 Å². The molecule has 0 radical (unpaired) electrons. The molecule has 0 aliphatic carbocycles. The Morgan fingerprint density at radius 1 is 0.897 bits per heavy atom. The van der Waals surface area contributed by atoms with Crippen LogP contribution in [0.2, 0.25) is 0 Å². The summed E-state index contributed by atoms with van der Waals surface area (Å²) in [5, 5.41) is 14.2. The van der Waals surface area contributed by atoms with Gasteiger partial charge in [0.2, 0.25) is 0 Å². The standard InChI is InChI=1S/C26H27NOS/c28-25-10-6-20(7-11-25)26(21-13-15-29-18-21)22-16-23-8-9-24(17-22)27(23)14-12-19-4-2-1-3-5-19/h1-7,10-11,13,15,18,23-24,28H,8-9,12,14,16-17H2. The van der Waals surface area contributed by atoms with Crippen molar-refractivity contribution in [2.75, 3.05) is 6.54 Å². The fourth-order valence-electron chi connectivity index (χ4n) is 5.19. The highest BCUT2D eigenvalue weighted by Gasteiger charge is 2.39. The molecule has 29 heavy (non-hydrogen) atoms. The highest BCUT2D eigenvalue weighted by molar-refractivity contribution is 7.08. The minimum absolute atomic E-state index is 0.333. The summed E-state index contributed by atoms with van der Waals surface area (Å²) in [5.41, 5.74) is 6.99. The Morgan fingerprint density at radius 3 is 2.28 bits per heavy atom. The number of aromatic hydroxyl groups is 1. The number of piperidine rings is 1. The lowest BCUT2D eigenvalue weighted by Crippen LogP contribution is -2.41. The molecule has 2 nitrogen and oxygen atoms in total. The summed E-state index contributed by atoms with van der Waals surface area (Å²) in [5.74, 6) is 0.333. The fourth-order valence-corrected chi connectivity index (χ4v) is 5.83. The molecule has 3 aromatic rings. The molecule has 2 aromatic carbocycles. The Kier molecular flexibility index (Phi) is 5.26. The second-order valence-electron chi connectivity index (χ2n) is 8.30. The third kappa shape index (κ3) is 3.90. The first-order chi connectivity index (χ1) is 14.3. The van der Waals surface area contributed by atoms with Crippen LogP contribution in [0.5, 0.6) is 5.75 Å². The SMILES string of the molecule is Oc1ccc(C(=C2CC3CCC(C2)N3CCc2ccccc2)c2ccsc2)cc1. The topological polar surface area (TPSA) is 23.5 Å². The van der Waals surface area contributed by atoms with Crippen molar-refractivity contribution in [3.63, 3.8) is 0 Å². The Labute approximate surface area is 177 Å². The molecule has 2 aliphatic heterocycles. The summed E-state index contributed by atoms with van der Waals surface area (Å²) >= 11 is 1.76. The van der Waals surface area contributed by atoms with E-state index >= 15 is 0 Å². The van der Waals surface area contributed by atoms with Gasteiger partial charge in [0.05, 0.1) is 0 Å². The lowest BCUT2D eigenvalue weighted by molar-refractivity contribution is 0.168. The zero-order valence-electron chi connectivity index (χ0n) is 16.6. The molecule has 2 saturated heterocycles. The Morgan fingerprint density at radius 2 is 1.62 bits per heavy atom. The number of hydrogen-bond donors (Lipinski definition) is 1. The molecule has 148 valence electrons. The van der Waals surface area contributed by atoms with E-state index in [9.17, 15) is 5.11 Å². The molecule has 3 heteroatoms. The van der Waals surface area contributed by atoms with Gasteiger partial charge >= 0.3 is 0 Å². The van der Waals surface area contributed by atoms with Crippen LogP contribution >= 0.6 is 11.3 Å². The zero-order valence-corrected chi connectivity index (χ0v) is 17.4. The van der Waals surface area contributed by atoms with Crippen LogP contribution in [0.4, 0.5) is 0 Å². The molecule has 3 heterocycles. The van der Waals surface area contributed by atoms with Gasteiger partial charge in [-0.05, 0) is 83.3 Å². The van der Waals surface area contributed by atoms with Gasteiger partial charge in [0.1, 0.15) is 5.75 Å². The van der Waals surface area contributed by atoms with E-state index in [4.69, 9.17) is 0 Å². The summed E-state index contributed by atoms with van der Waals surface area (Å²) < 4.78 is 0. The molecule has 2 atom stereocenters. The van der Waals surface area contributed by atoms with Crippen molar-refractivity contribution in [2.24, 2.45) is 0 Å². The summed E-state index contributed by atoms with van der Waals surface area (Å²) in [6, 6.07) is 22.2. The van der Waals surface area contributed by atoms with Crippen LogP contribution in [0.15, 0.2) is 77.0 Å². The van der Waals surface area contributed by atoms with Gasteiger partial charge in [0.25, 0.3) is 0 Å². The molecule has 1 aromatic heterocycles. The van der Waals surface area contributed by atoms with Gasteiger partial charge in [-0.25, -0.2) is 0 Å². The minimum Gasteiger partial charge on any atom is -0.508 e. The van der Waals surface area contributed by atoms with E-state index < -0.39 is 0 Å². The number of phenols is 1. The summed E-state index contributed by atoms with van der Waals surface area (Å²) in [6.07, 6.45) is 6.10. The summed E-state index contributed by atoms with van der Waals surface area (Å²) in [7, 11) is 0. The van der Waals surface area contributed by atoms with E-state index in [0.29, 0.717) is 17.8 Å². The first-order valence-electron chi connectivity index (χ1n) is 10.6. The van der Waals surface area contributed by atoms with Gasteiger partial charge in [-0.15, -0.1) is 0 Å². The van der Waals surface area contributed by atoms with Crippen LogP contribution in [0.3, 0.4) is 0 Å². The van der Waals surface area contributed by atoms with Crippen LogP contribution in [0, 0.1) is 0 Å². The number of phenolic OH excluding ortho intramolecular Hbond substituents is 1. The van der Waals surface area contributed by atoms with Gasteiger partial charge < -0.3 is 5.11 Å². The quantitative estimate of drug-likeness (QED) is 0.556. The maximum Gasteiger partial charge on any atom is 0.115 e. The van der Waals surface area contributed by atoms with Crippen molar-refractivity contribution in [1.82, 2.24) is 4.90 Å². The van der Waals surface area contributed by atoms with Gasteiger partial charge in [-0.2, -0.15) is 11.3 Å². The molecular formula is C26H27NOS. The number of fused-ring (bicyclic) bond motifs is 2.